The van der Waals surface area contributed by atoms with Gasteiger partial charge in [0.2, 0.25) is 5.91 Å². The van der Waals surface area contributed by atoms with E-state index in [0.29, 0.717) is 0 Å². The first-order valence-corrected chi connectivity index (χ1v) is 8.50. The summed E-state index contributed by atoms with van der Waals surface area (Å²) in [5.41, 5.74) is 4.65. The Morgan fingerprint density at radius 2 is 2.31 bits per heavy atom. The molecule has 6 nitrogen and oxygen atoms in total. The maximum atomic E-state index is 11.5. The number of ether oxygens (including phenoxy) is 1. The molecule has 3 heterocycles. The van der Waals surface area contributed by atoms with Crippen LogP contribution in [0.4, 0.5) is 11.4 Å². The predicted octanol–water partition coefficient (Wildman–Crippen LogP) is 3.54. The standard InChI is InChI=1S/C20H20N4O2/c1-3-18(25)23-15-6-4-5-13(9-15)14-10-16-17(12-22-20(16)21-11-14)24-8-7-19(24)26-2/h3-6,9-12,19H,1,7-8H2,2H3,(H,21,22)(H,23,25). The Labute approximate surface area is 151 Å². The normalized spacial score (nSPS) is 16.3. The van der Waals surface area contributed by atoms with Gasteiger partial charge in [-0.15, -0.1) is 0 Å². The van der Waals surface area contributed by atoms with Crippen LogP contribution in [0.15, 0.2) is 55.4 Å². The number of methoxy groups -OCH3 is 1. The number of benzene rings is 1. The number of pyridine rings is 1. The number of H-pyrrole nitrogens is 1. The summed E-state index contributed by atoms with van der Waals surface area (Å²) in [6, 6.07) is 9.81. The van der Waals surface area contributed by atoms with Gasteiger partial charge in [-0.05, 0) is 29.8 Å². The van der Waals surface area contributed by atoms with Crippen LogP contribution in [-0.4, -0.2) is 35.8 Å². The second-order valence-electron chi connectivity index (χ2n) is 6.24. The summed E-state index contributed by atoms with van der Waals surface area (Å²) in [4.78, 5) is 21.5. The summed E-state index contributed by atoms with van der Waals surface area (Å²) in [5.74, 6) is -0.230. The van der Waals surface area contributed by atoms with Gasteiger partial charge >= 0.3 is 0 Å². The van der Waals surface area contributed by atoms with Gasteiger partial charge in [-0.25, -0.2) is 4.98 Å². The van der Waals surface area contributed by atoms with E-state index in [1.54, 1.807) is 7.11 Å². The molecule has 1 atom stereocenters. The van der Waals surface area contributed by atoms with Gasteiger partial charge in [0.05, 0.1) is 5.69 Å². The van der Waals surface area contributed by atoms with Crippen molar-refractivity contribution in [2.75, 3.05) is 23.9 Å². The highest BCUT2D eigenvalue weighted by molar-refractivity contribution is 5.99. The topological polar surface area (TPSA) is 70.2 Å². The van der Waals surface area contributed by atoms with Crippen LogP contribution in [0.5, 0.6) is 0 Å². The largest absolute Gasteiger partial charge is 0.362 e. The Bertz CT molecular complexity index is 977. The fourth-order valence-corrected chi connectivity index (χ4v) is 3.24. The molecule has 1 fully saturated rings. The molecular formula is C20H20N4O2. The van der Waals surface area contributed by atoms with Gasteiger partial charge < -0.3 is 19.9 Å². The molecule has 1 aliphatic rings. The number of fused-ring (bicyclic) bond motifs is 1. The fourth-order valence-electron chi connectivity index (χ4n) is 3.24. The molecule has 6 heteroatoms. The molecule has 0 radical (unpaired) electrons. The number of hydrogen-bond donors (Lipinski definition) is 2. The third-order valence-corrected chi connectivity index (χ3v) is 4.70. The molecule has 3 aromatic rings. The zero-order chi connectivity index (χ0) is 18.1. The number of nitrogens with zero attached hydrogens (tertiary/aromatic N) is 2. The first-order valence-electron chi connectivity index (χ1n) is 8.50. The Balaban J connectivity index is 1.70. The highest BCUT2D eigenvalue weighted by Crippen LogP contribution is 2.35. The van der Waals surface area contributed by atoms with Crippen LogP contribution in [0.1, 0.15) is 6.42 Å². The van der Waals surface area contributed by atoms with Gasteiger partial charge in [0, 0.05) is 49.1 Å². The molecule has 0 aliphatic carbocycles. The van der Waals surface area contributed by atoms with E-state index in [0.717, 1.165) is 46.5 Å². The van der Waals surface area contributed by atoms with Crippen LogP contribution in [-0.2, 0) is 9.53 Å². The van der Waals surface area contributed by atoms with Crippen LogP contribution in [0.25, 0.3) is 22.2 Å². The summed E-state index contributed by atoms with van der Waals surface area (Å²) in [5, 5.41) is 3.85. The van der Waals surface area contributed by atoms with Crippen molar-refractivity contribution in [1.82, 2.24) is 9.97 Å². The van der Waals surface area contributed by atoms with Crippen molar-refractivity contribution < 1.29 is 9.53 Å². The lowest BCUT2D eigenvalue weighted by Gasteiger charge is -2.41. The number of aromatic nitrogens is 2. The smallest absolute Gasteiger partial charge is 0.247 e. The van der Waals surface area contributed by atoms with E-state index in [4.69, 9.17) is 4.74 Å². The second kappa shape index (κ2) is 6.65. The first kappa shape index (κ1) is 16.4. The average molecular weight is 348 g/mol. The van der Waals surface area contributed by atoms with Crippen LogP contribution in [0.3, 0.4) is 0 Å². The zero-order valence-corrected chi connectivity index (χ0v) is 14.5. The Morgan fingerprint density at radius 1 is 1.42 bits per heavy atom. The maximum absolute atomic E-state index is 11.5. The number of aromatic amines is 1. The average Bonchev–Trinajstić information content (AvgIpc) is 3.04. The summed E-state index contributed by atoms with van der Waals surface area (Å²) >= 11 is 0. The van der Waals surface area contributed by atoms with E-state index < -0.39 is 0 Å². The van der Waals surface area contributed by atoms with Gasteiger partial charge in [-0.2, -0.15) is 0 Å². The molecule has 4 rings (SSSR count). The molecule has 1 aliphatic heterocycles. The van der Waals surface area contributed by atoms with Crippen molar-refractivity contribution in [2.45, 2.75) is 12.6 Å². The Morgan fingerprint density at radius 3 is 3.04 bits per heavy atom. The molecule has 0 saturated carbocycles. The molecule has 2 aromatic heterocycles. The minimum atomic E-state index is -0.230. The molecule has 0 bridgehead atoms. The molecule has 1 saturated heterocycles. The van der Waals surface area contributed by atoms with Gasteiger partial charge in [-0.3, -0.25) is 4.79 Å². The minimum absolute atomic E-state index is 0.120. The van der Waals surface area contributed by atoms with Gasteiger partial charge in [0.15, 0.2) is 0 Å². The predicted molar refractivity (Wildman–Crippen MR) is 103 cm³/mol. The van der Waals surface area contributed by atoms with Gasteiger partial charge in [0.25, 0.3) is 0 Å². The van der Waals surface area contributed by atoms with Crippen molar-refractivity contribution in [3.05, 3.63) is 55.4 Å². The van der Waals surface area contributed by atoms with Crippen molar-refractivity contribution in [3.63, 3.8) is 0 Å². The second-order valence-corrected chi connectivity index (χ2v) is 6.24. The van der Waals surface area contributed by atoms with Crippen molar-refractivity contribution in [1.29, 1.82) is 0 Å². The Kier molecular flexibility index (Phi) is 4.18. The molecule has 0 spiro atoms. The van der Waals surface area contributed by atoms with E-state index in [-0.39, 0.29) is 12.1 Å². The van der Waals surface area contributed by atoms with Crippen molar-refractivity contribution in [3.8, 4) is 11.1 Å². The summed E-state index contributed by atoms with van der Waals surface area (Å²) in [6.07, 6.45) is 6.22. The van der Waals surface area contributed by atoms with Crippen molar-refractivity contribution in [2.24, 2.45) is 0 Å². The summed E-state index contributed by atoms with van der Waals surface area (Å²) < 4.78 is 5.49. The number of anilines is 2. The number of amides is 1. The molecule has 26 heavy (non-hydrogen) atoms. The zero-order valence-electron chi connectivity index (χ0n) is 14.5. The van der Waals surface area contributed by atoms with E-state index in [2.05, 4.69) is 32.8 Å². The first-order chi connectivity index (χ1) is 12.7. The molecule has 132 valence electrons. The third-order valence-electron chi connectivity index (χ3n) is 4.70. The van der Waals surface area contributed by atoms with Crippen LogP contribution in [0, 0.1) is 0 Å². The quantitative estimate of drug-likeness (QED) is 0.692. The van der Waals surface area contributed by atoms with E-state index in [9.17, 15) is 4.79 Å². The number of carbonyl (C=O) groups is 1. The summed E-state index contributed by atoms with van der Waals surface area (Å²) in [7, 11) is 1.73. The van der Waals surface area contributed by atoms with Gasteiger partial charge in [-0.1, -0.05) is 18.7 Å². The fraction of sp³-hybridized carbons (Fsp3) is 0.200. The number of rotatable bonds is 5. The number of nitrogens with one attached hydrogen (secondary N) is 2. The number of hydrogen-bond acceptors (Lipinski definition) is 4. The Hall–Kier alpha value is -3.12. The van der Waals surface area contributed by atoms with E-state index in [1.807, 2.05) is 36.7 Å². The molecule has 1 unspecified atom stereocenters. The van der Waals surface area contributed by atoms with Crippen LogP contribution in [0.2, 0.25) is 0 Å². The molecule has 1 aromatic carbocycles. The highest BCUT2D eigenvalue weighted by Gasteiger charge is 2.29. The van der Waals surface area contributed by atoms with Crippen molar-refractivity contribution >= 4 is 28.3 Å². The third kappa shape index (κ3) is 2.84. The van der Waals surface area contributed by atoms with E-state index >= 15 is 0 Å². The molecular weight excluding hydrogens is 328 g/mol. The minimum Gasteiger partial charge on any atom is -0.362 e. The maximum Gasteiger partial charge on any atom is 0.247 e. The number of carbonyl (C=O) groups excluding carboxylic acids is 1. The monoisotopic (exact) mass is 348 g/mol. The lowest BCUT2D eigenvalue weighted by Crippen LogP contribution is -2.48. The van der Waals surface area contributed by atoms with E-state index in [1.165, 1.54) is 6.08 Å². The molecule has 1 amide bonds. The SMILES string of the molecule is C=CC(=O)Nc1cccc(-c2cnc3[nH]cc(N4CCC4OC)c3c2)c1. The molecule has 2 N–H and O–H groups in total. The van der Waals surface area contributed by atoms with Gasteiger partial charge in [0.1, 0.15) is 11.9 Å². The lowest BCUT2D eigenvalue weighted by molar-refractivity contribution is -0.111. The van der Waals surface area contributed by atoms with Crippen LogP contribution >= 0.6 is 0 Å². The van der Waals surface area contributed by atoms with Crippen LogP contribution < -0.4 is 10.2 Å². The highest BCUT2D eigenvalue weighted by atomic mass is 16.5. The lowest BCUT2D eigenvalue weighted by atomic mass is 10.0. The summed E-state index contributed by atoms with van der Waals surface area (Å²) in [6.45, 7) is 4.45.